The number of halogens is 1. The molecule has 0 atom stereocenters. The highest BCUT2D eigenvalue weighted by molar-refractivity contribution is 5.94. The van der Waals surface area contributed by atoms with E-state index in [9.17, 15) is 9.18 Å². The van der Waals surface area contributed by atoms with Crippen LogP contribution in [0.4, 0.5) is 4.39 Å². The highest BCUT2D eigenvalue weighted by Crippen LogP contribution is 2.17. The highest BCUT2D eigenvalue weighted by Gasteiger charge is 2.07. The SMILES string of the molecule is CC#CCCOc1ccc(C(C)=O)c(F)c1. The van der Waals surface area contributed by atoms with E-state index < -0.39 is 5.82 Å². The molecule has 0 saturated heterocycles. The Morgan fingerprint density at radius 3 is 2.81 bits per heavy atom. The summed E-state index contributed by atoms with van der Waals surface area (Å²) in [7, 11) is 0. The summed E-state index contributed by atoms with van der Waals surface area (Å²) in [6.45, 7) is 3.50. The van der Waals surface area contributed by atoms with Crippen molar-refractivity contribution in [3.63, 3.8) is 0 Å². The Bertz CT molecular complexity index is 441. The van der Waals surface area contributed by atoms with Crippen molar-refractivity contribution in [1.29, 1.82) is 0 Å². The highest BCUT2D eigenvalue weighted by atomic mass is 19.1. The van der Waals surface area contributed by atoms with Gasteiger partial charge in [0.15, 0.2) is 5.78 Å². The Hall–Kier alpha value is -1.82. The Morgan fingerprint density at radius 1 is 1.50 bits per heavy atom. The standard InChI is InChI=1S/C13H13FO2/c1-3-4-5-8-16-11-6-7-12(10(2)15)13(14)9-11/h6-7,9H,5,8H2,1-2H3. The number of hydrogen-bond donors (Lipinski definition) is 0. The molecule has 0 aliphatic carbocycles. The van der Waals surface area contributed by atoms with Gasteiger partial charge in [0, 0.05) is 12.5 Å². The molecule has 0 aromatic heterocycles. The fourth-order valence-corrected chi connectivity index (χ4v) is 1.22. The number of hydrogen-bond acceptors (Lipinski definition) is 2. The van der Waals surface area contributed by atoms with Gasteiger partial charge in [-0.3, -0.25) is 4.79 Å². The number of rotatable bonds is 4. The summed E-state index contributed by atoms with van der Waals surface area (Å²) in [5.41, 5.74) is 0.0840. The zero-order valence-electron chi connectivity index (χ0n) is 9.34. The largest absolute Gasteiger partial charge is 0.492 e. The van der Waals surface area contributed by atoms with Crippen molar-refractivity contribution >= 4 is 5.78 Å². The van der Waals surface area contributed by atoms with Crippen molar-refractivity contribution < 1.29 is 13.9 Å². The van der Waals surface area contributed by atoms with E-state index in [0.29, 0.717) is 18.8 Å². The van der Waals surface area contributed by atoms with Gasteiger partial charge in [0.25, 0.3) is 0 Å². The summed E-state index contributed by atoms with van der Waals surface area (Å²) < 4.78 is 18.6. The van der Waals surface area contributed by atoms with Crippen molar-refractivity contribution in [3.05, 3.63) is 29.6 Å². The third kappa shape index (κ3) is 3.39. The molecule has 3 heteroatoms. The van der Waals surface area contributed by atoms with Crippen LogP contribution in [0.2, 0.25) is 0 Å². The van der Waals surface area contributed by atoms with E-state index in [2.05, 4.69) is 11.8 Å². The van der Waals surface area contributed by atoms with Gasteiger partial charge in [0.2, 0.25) is 0 Å². The summed E-state index contributed by atoms with van der Waals surface area (Å²) in [4.78, 5) is 11.0. The monoisotopic (exact) mass is 220 g/mol. The lowest BCUT2D eigenvalue weighted by Gasteiger charge is -2.05. The Labute approximate surface area is 94.4 Å². The van der Waals surface area contributed by atoms with Gasteiger partial charge in [0.1, 0.15) is 11.6 Å². The number of Topliss-reactive ketones (excluding diaryl/α,β-unsaturated/α-hetero) is 1. The second-order valence-corrected chi connectivity index (χ2v) is 3.22. The van der Waals surface area contributed by atoms with Crippen LogP contribution < -0.4 is 4.74 Å². The Balaban J connectivity index is 2.65. The summed E-state index contributed by atoms with van der Waals surface area (Å²) in [6, 6.07) is 4.23. The molecule has 0 bridgehead atoms. The van der Waals surface area contributed by atoms with E-state index in [1.54, 1.807) is 13.0 Å². The van der Waals surface area contributed by atoms with Gasteiger partial charge in [-0.25, -0.2) is 4.39 Å². The molecule has 0 aliphatic rings. The first-order valence-electron chi connectivity index (χ1n) is 4.98. The normalized spacial score (nSPS) is 9.19. The predicted molar refractivity (Wildman–Crippen MR) is 60.0 cm³/mol. The lowest BCUT2D eigenvalue weighted by molar-refractivity contribution is 0.101. The molecule has 0 amide bonds. The van der Waals surface area contributed by atoms with Crippen molar-refractivity contribution in [3.8, 4) is 17.6 Å². The molecule has 0 unspecified atom stereocenters. The molecular formula is C13H13FO2. The van der Waals surface area contributed by atoms with E-state index in [0.717, 1.165) is 0 Å². The van der Waals surface area contributed by atoms with Crippen LogP contribution in [-0.4, -0.2) is 12.4 Å². The molecule has 0 heterocycles. The van der Waals surface area contributed by atoms with Crippen molar-refractivity contribution in [2.75, 3.05) is 6.61 Å². The van der Waals surface area contributed by atoms with Gasteiger partial charge in [-0.05, 0) is 26.0 Å². The van der Waals surface area contributed by atoms with E-state index >= 15 is 0 Å². The molecule has 0 spiro atoms. The average molecular weight is 220 g/mol. The second kappa shape index (κ2) is 5.92. The minimum absolute atomic E-state index is 0.0840. The molecule has 2 nitrogen and oxygen atoms in total. The molecule has 0 aliphatic heterocycles. The summed E-state index contributed by atoms with van der Waals surface area (Å²) in [5, 5.41) is 0. The van der Waals surface area contributed by atoms with Gasteiger partial charge in [-0.1, -0.05) is 0 Å². The van der Waals surface area contributed by atoms with E-state index in [-0.39, 0.29) is 11.3 Å². The predicted octanol–water partition coefficient (Wildman–Crippen LogP) is 2.82. The molecule has 0 fully saturated rings. The van der Waals surface area contributed by atoms with Crippen LogP contribution in [0.3, 0.4) is 0 Å². The molecule has 0 radical (unpaired) electrons. The first-order chi connectivity index (χ1) is 7.65. The average Bonchev–Trinajstić information content (AvgIpc) is 2.24. The van der Waals surface area contributed by atoms with Crippen molar-refractivity contribution in [2.24, 2.45) is 0 Å². The Kier molecular flexibility index (Phi) is 4.53. The van der Waals surface area contributed by atoms with E-state index in [1.807, 2.05) is 0 Å². The minimum Gasteiger partial charge on any atom is -0.492 e. The van der Waals surface area contributed by atoms with Crippen LogP contribution in [0.1, 0.15) is 30.6 Å². The smallest absolute Gasteiger partial charge is 0.162 e. The summed E-state index contributed by atoms with van der Waals surface area (Å²) >= 11 is 0. The van der Waals surface area contributed by atoms with Gasteiger partial charge in [0.05, 0.1) is 12.2 Å². The van der Waals surface area contributed by atoms with E-state index in [4.69, 9.17) is 4.74 Å². The molecule has 1 aromatic carbocycles. The number of carbonyl (C=O) groups excluding carboxylic acids is 1. The van der Waals surface area contributed by atoms with Crippen molar-refractivity contribution in [1.82, 2.24) is 0 Å². The van der Waals surface area contributed by atoms with Crippen LogP contribution >= 0.6 is 0 Å². The number of carbonyl (C=O) groups is 1. The van der Waals surface area contributed by atoms with Gasteiger partial charge in [-0.2, -0.15) is 0 Å². The maximum Gasteiger partial charge on any atom is 0.162 e. The number of ether oxygens (including phenoxy) is 1. The number of ketones is 1. The third-order valence-corrected chi connectivity index (χ3v) is 1.99. The van der Waals surface area contributed by atoms with Crippen LogP contribution in [0.15, 0.2) is 18.2 Å². The van der Waals surface area contributed by atoms with E-state index in [1.165, 1.54) is 19.1 Å². The zero-order valence-corrected chi connectivity index (χ0v) is 9.34. The molecule has 1 aromatic rings. The minimum atomic E-state index is -0.549. The van der Waals surface area contributed by atoms with Gasteiger partial charge in [-0.15, -0.1) is 11.8 Å². The quantitative estimate of drug-likeness (QED) is 0.443. The first-order valence-corrected chi connectivity index (χ1v) is 4.98. The fraction of sp³-hybridized carbons (Fsp3) is 0.308. The molecule has 16 heavy (non-hydrogen) atoms. The maximum absolute atomic E-state index is 13.3. The zero-order chi connectivity index (χ0) is 12.0. The summed E-state index contributed by atoms with van der Waals surface area (Å²) in [5.74, 6) is 5.16. The molecule has 0 saturated carbocycles. The molecule has 1 rings (SSSR count). The fourth-order valence-electron chi connectivity index (χ4n) is 1.22. The van der Waals surface area contributed by atoms with Crippen LogP contribution in [0.5, 0.6) is 5.75 Å². The Morgan fingerprint density at radius 2 is 2.25 bits per heavy atom. The van der Waals surface area contributed by atoms with Gasteiger partial charge < -0.3 is 4.74 Å². The van der Waals surface area contributed by atoms with Crippen LogP contribution in [0.25, 0.3) is 0 Å². The first kappa shape index (κ1) is 12.3. The summed E-state index contributed by atoms with van der Waals surface area (Å²) in [6.07, 6.45) is 0.604. The lowest BCUT2D eigenvalue weighted by atomic mass is 10.1. The lowest BCUT2D eigenvalue weighted by Crippen LogP contribution is -2.00. The second-order valence-electron chi connectivity index (χ2n) is 3.22. The molecule has 0 N–H and O–H groups in total. The molecular weight excluding hydrogens is 207 g/mol. The third-order valence-electron chi connectivity index (χ3n) is 1.99. The molecule has 84 valence electrons. The van der Waals surface area contributed by atoms with Gasteiger partial charge >= 0.3 is 0 Å². The van der Waals surface area contributed by atoms with Crippen LogP contribution in [0, 0.1) is 17.7 Å². The number of benzene rings is 1. The maximum atomic E-state index is 13.3. The topological polar surface area (TPSA) is 26.3 Å². The van der Waals surface area contributed by atoms with Crippen molar-refractivity contribution in [2.45, 2.75) is 20.3 Å². The van der Waals surface area contributed by atoms with Crippen LogP contribution in [-0.2, 0) is 0 Å².